The number of carbonyl (C=O) groups excluding carboxylic acids is 2. The largest absolute Gasteiger partial charge is 0.352 e. The van der Waals surface area contributed by atoms with E-state index in [4.69, 9.17) is 0 Å². The van der Waals surface area contributed by atoms with Crippen LogP contribution in [0.3, 0.4) is 0 Å². The van der Waals surface area contributed by atoms with Gasteiger partial charge in [-0.05, 0) is 30.5 Å². The van der Waals surface area contributed by atoms with Gasteiger partial charge >= 0.3 is 0 Å². The Bertz CT molecular complexity index is 733. The zero-order valence-corrected chi connectivity index (χ0v) is 13.7. The Morgan fingerprint density at radius 3 is 2.60 bits per heavy atom. The number of carbonyl (C=O) groups is 2. The molecule has 1 N–H and O–H groups in total. The first-order valence-electron chi connectivity index (χ1n) is 8.21. The summed E-state index contributed by atoms with van der Waals surface area (Å²) in [6.45, 7) is 0.677. The lowest BCUT2D eigenvalue weighted by Crippen LogP contribution is -2.37. The van der Waals surface area contributed by atoms with E-state index < -0.39 is 0 Å². The van der Waals surface area contributed by atoms with Crippen LogP contribution < -0.4 is 5.32 Å². The summed E-state index contributed by atoms with van der Waals surface area (Å²) in [5.41, 5.74) is 1.12. The van der Waals surface area contributed by atoms with Crippen molar-refractivity contribution >= 4 is 11.8 Å². The molecule has 2 aromatic rings. The van der Waals surface area contributed by atoms with Gasteiger partial charge in [0.1, 0.15) is 11.5 Å². The lowest BCUT2D eigenvalue weighted by molar-refractivity contribution is -0.121. The van der Waals surface area contributed by atoms with Gasteiger partial charge in [-0.3, -0.25) is 14.6 Å². The predicted molar refractivity (Wildman–Crippen MR) is 89.0 cm³/mol. The van der Waals surface area contributed by atoms with E-state index in [1.54, 1.807) is 17.0 Å². The van der Waals surface area contributed by atoms with Crippen molar-refractivity contribution in [1.29, 1.82) is 0 Å². The standard InChI is InChI=1S/C18H19FN4O2/c19-14-3-1-13(2-4-14)11-22-17(24)7-10-23(15-5-6-15)18(25)16-12-20-8-9-21-16/h1-4,8-9,12,15H,5-7,10-11H2,(H,22,24). The van der Waals surface area contributed by atoms with Gasteiger partial charge < -0.3 is 10.2 Å². The third-order valence-corrected chi connectivity index (χ3v) is 4.01. The van der Waals surface area contributed by atoms with E-state index in [-0.39, 0.29) is 30.1 Å². The zero-order valence-electron chi connectivity index (χ0n) is 13.7. The number of rotatable bonds is 7. The van der Waals surface area contributed by atoms with Gasteiger partial charge in [0.15, 0.2) is 0 Å². The van der Waals surface area contributed by atoms with Crippen LogP contribution in [0.4, 0.5) is 4.39 Å². The molecule has 2 amide bonds. The van der Waals surface area contributed by atoms with E-state index in [2.05, 4.69) is 15.3 Å². The minimum Gasteiger partial charge on any atom is -0.352 e. The fourth-order valence-electron chi connectivity index (χ4n) is 2.51. The van der Waals surface area contributed by atoms with Gasteiger partial charge in [0.05, 0.1) is 6.20 Å². The summed E-state index contributed by atoms with van der Waals surface area (Å²) < 4.78 is 12.9. The van der Waals surface area contributed by atoms with Crippen LogP contribution in [0.2, 0.25) is 0 Å². The molecule has 3 rings (SSSR count). The van der Waals surface area contributed by atoms with Crippen molar-refractivity contribution in [3.05, 3.63) is 59.9 Å². The van der Waals surface area contributed by atoms with Crippen LogP contribution in [0.5, 0.6) is 0 Å². The van der Waals surface area contributed by atoms with Gasteiger partial charge in [0, 0.05) is 37.9 Å². The number of benzene rings is 1. The normalized spacial score (nSPS) is 13.3. The third-order valence-electron chi connectivity index (χ3n) is 4.01. The number of nitrogens with one attached hydrogen (secondary N) is 1. The second-order valence-electron chi connectivity index (χ2n) is 5.97. The van der Waals surface area contributed by atoms with Crippen molar-refractivity contribution in [2.24, 2.45) is 0 Å². The minimum atomic E-state index is -0.308. The molecule has 0 spiro atoms. The highest BCUT2D eigenvalue weighted by Crippen LogP contribution is 2.28. The number of hydrogen-bond donors (Lipinski definition) is 1. The molecule has 1 aromatic heterocycles. The van der Waals surface area contributed by atoms with Crippen LogP contribution in [0, 0.1) is 5.82 Å². The highest BCUT2D eigenvalue weighted by atomic mass is 19.1. The van der Waals surface area contributed by atoms with Gasteiger partial charge in [0.2, 0.25) is 5.91 Å². The van der Waals surface area contributed by atoms with E-state index in [1.165, 1.54) is 30.7 Å². The van der Waals surface area contributed by atoms with Crippen molar-refractivity contribution in [2.45, 2.75) is 31.8 Å². The van der Waals surface area contributed by atoms with E-state index in [0.29, 0.717) is 18.8 Å². The summed E-state index contributed by atoms with van der Waals surface area (Å²) in [6, 6.07) is 6.15. The molecule has 0 bridgehead atoms. The van der Waals surface area contributed by atoms with Crippen LogP contribution in [-0.4, -0.2) is 39.3 Å². The predicted octanol–water partition coefficient (Wildman–Crippen LogP) is 1.93. The molecule has 0 unspecified atom stereocenters. The first-order valence-corrected chi connectivity index (χ1v) is 8.21. The van der Waals surface area contributed by atoms with Crippen molar-refractivity contribution in [3.8, 4) is 0 Å². The van der Waals surface area contributed by atoms with Crippen molar-refractivity contribution in [2.75, 3.05) is 6.54 Å². The van der Waals surface area contributed by atoms with E-state index in [0.717, 1.165) is 18.4 Å². The number of amides is 2. The molecule has 25 heavy (non-hydrogen) atoms. The maximum atomic E-state index is 12.9. The Morgan fingerprint density at radius 1 is 1.20 bits per heavy atom. The van der Waals surface area contributed by atoms with Crippen molar-refractivity contribution in [3.63, 3.8) is 0 Å². The number of aromatic nitrogens is 2. The molecule has 0 radical (unpaired) electrons. The Hall–Kier alpha value is -2.83. The monoisotopic (exact) mass is 342 g/mol. The molecule has 6 nitrogen and oxygen atoms in total. The van der Waals surface area contributed by atoms with E-state index in [9.17, 15) is 14.0 Å². The summed E-state index contributed by atoms with van der Waals surface area (Å²) in [4.78, 5) is 34.2. The maximum Gasteiger partial charge on any atom is 0.274 e. The minimum absolute atomic E-state index is 0.151. The van der Waals surface area contributed by atoms with Crippen LogP contribution in [0.15, 0.2) is 42.9 Å². The Labute approximate surface area is 145 Å². The molecule has 1 heterocycles. The van der Waals surface area contributed by atoms with Crippen molar-refractivity contribution in [1.82, 2.24) is 20.2 Å². The number of hydrogen-bond acceptors (Lipinski definition) is 4. The molecule has 7 heteroatoms. The number of nitrogens with zero attached hydrogens (tertiary/aromatic N) is 3. The quantitative estimate of drug-likeness (QED) is 0.834. The van der Waals surface area contributed by atoms with Crippen LogP contribution in [0.1, 0.15) is 35.3 Å². The highest BCUT2D eigenvalue weighted by molar-refractivity contribution is 5.92. The van der Waals surface area contributed by atoms with Gasteiger partial charge in [-0.1, -0.05) is 12.1 Å². The average Bonchev–Trinajstić information content (AvgIpc) is 3.47. The van der Waals surface area contributed by atoms with E-state index in [1.807, 2.05) is 0 Å². The van der Waals surface area contributed by atoms with Crippen molar-refractivity contribution < 1.29 is 14.0 Å². The third kappa shape index (κ3) is 4.82. The van der Waals surface area contributed by atoms with Gasteiger partial charge in [-0.15, -0.1) is 0 Å². The fourth-order valence-corrected chi connectivity index (χ4v) is 2.51. The molecule has 1 aliphatic rings. The molecule has 1 saturated carbocycles. The van der Waals surface area contributed by atoms with Gasteiger partial charge in [0.25, 0.3) is 5.91 Å². The molecular weight excluding hydrogens is 323 g/mol. The van der Waals surface area contributed by atoms with Crippen LogP contribution in [-0.2, 0) is 11.3 Å². The summed E-state index contributed by atoms with van der Waals surface area (Å²) in [5, 5.41) is 2.78. The lowest BCUT2D eigenvalue weighted by Gasteiger charge is -2.21. The Kier molecular flexibility index (Phi) is 5.33. The molecular formula is C18H19FN4O2. The molecule has 1 fully saturated rings. The molecule has 0 saturated heterocycles. The average molecular weight is 342 g/mol. The second kappa shape index (κ2) is 7.83. The maximum absolute atomic E-state index is 12.9. The zero-order chi connectivity index (χ0) is 17.6. The Balaban J connectivity index is 1.50. The van der Waals surface area contributed by atoms with Gasteiger partial charge in [-0.2, -0.15) is 0 Å². The van der Waals surface area contributed by atoms with Crippen LogP contribution in [0.25, 0.3) is 0 Å². The molecule has 0 atom stereocenters. The second-order valence-corrected chi connectivity index (χ2v) is 5.97. The summed E-state index contributed by atoms with van der Waals surface area (Å²) >= 11 is 0. The first kappa shape index (κ1) is 17.0. The van der Waals surface area contributed by atoms with Crippen LogP contribution >= 0.6 is 0 Å². The van der Waals surface area contributed by atoms with Gasteiger partial charge in [-0.25, -0.2) is 9.37 Å². The molecule has 0 aliphatic heterocycles. The SMILES string of the molecule is O=C(CCN(C(=O)c1cnccn1)C1CC1)NCc1ccc(F)cc1. The lowest BCUT2D eigenvalue weighted by atomic mass is 10.2. The summed E-state index contributed by atoms with van der Waals surface area (Å²) in [6.07, 6.45) is 6.54. The smallest absolute Gasteiger partial charge is 0.274 e. The highest BCUT2D eigenvalue weighted by Gasteiger charge is 2.33. The fraction of sp³-hybridized carbons (Fsp3) is 0.333. The topological polar surface area (TPSA) is 75.2 Å². The Morgan fingerprint density at radius 2 is 1.96 bits per heavy atom. The number of halogens is 1. The molecule has 1 aliphatic carbocycles. The summed E-state index contributed by atoms with van der Waals surface area (Å²) in [7, 11) is 0. The van der Waals surface area contributed by atoms with E-state index >= 15 is 0 Å². The first-order chi connectivity index (χ1) is 12.1. The molecule has 1 aromatic carbocycles. The summed E-state index contributed by atoms with van der Waals surface area (Å²) in [5.74, 6) is -0.651. The molecule has 130 valence electrons.